The Morgan fingerprint density at radius 2 is 1.85 bits per heavy atom. The van der Waals surface area contributed by atoms with Crippen LogP contribution < -0.4 is 10.1 Å². The monoisotopic (exact) mass is 351 g/mol. The highest BCUT2D eigenvalue weighted by molar-refractivity contribution is 5.33. The largest absolute Gasteiger partial charge is 0.489 e. The van der Waals surface area contributed by atoms with Crippen LogP contribution in [0.25, 0.3) is 0 Å². The summed E-state index contributed by atoms with van der Waals surface area (Å²) in [7, 11) is 0. The topological polar surface area (TPSA) is 21.3 Å². The van der Waals surface area contributed by atoms with E-state index >= 15 is 0 Å². The molecule has 0 saturated heterocycles. The van der Waals surface area contributed by atoms with Crippen molar-refractivity contribution in [2.45, 2.75) is 52.0 Å². The molecule has 0 aromatic heterocycles. The van der Waals surface area contributed by atoms with Crippen molar-refractivity contribution in [3.63, 3.8) is 0 Å². The van der Waals surface area contributed by atoms with Crippen LogP contribution in [0.15, 0.2) is 61.2 Å². The van der Waals surface area contributed by atoms with Crippen LogP contribution in [0, 0.1) is 0 Å². The quantitative estimate of drug-likeness (QED) is 0.416. The molecule has 2 aromatic carbocycles. The first-order chi connectivity index (χ1) is 12.6. The van der Waals surface area contributed by atoms with Crippen molar-refractivity contribution in [3.8, 4) is 5.75 Å². The van der Waals surface area contributed by atoms with Crippen molar-refractivity contribution < 1.29 is 4.74 Å². The second-order valence-corrected chi connectivity index (χ2v) is 7.10. The molecule has 26 heavy (non-hydrogen) atoms. The predicted molar refractivity (Wildman–Crippen MR) is 112 cm³/mol. The van der Waals surface area contributed by atoms with Crippen LogP contribution in [0.5, 0.6) is 5.75 Å². The molecule has 0 aliphatic carbocycles. The van der Waals surface area contributed by atoms with Crippen molar-refractivity contribution in [1.82, 2.24) is 5.32 Å². The molecule has 0 radical (unpaired) electrons. The van der Waals surface area contributed by atoms with E-state index in [0.29, 0.717) is 6.61 Å². The molecule has 2 nitrogen and oxygen atoms in total. The molecule has 0 heterocycles. The lowest BCUT2D eigenvalue weighted by Crippen LogP contribution is -2.20. The fourth-order valence-electron chi connectivity index (χ4n) is 3.16. The first-order valence-electron chi connectivity index (χ1n) is 9.74. The van der Waals surface area contributed by atoms with Gasteiger partial charge in [-0.25, -0.2) is 0 Å². The summed E-state index contributed by atoms with van der Waals surface area (Å²) in [5.74, 6) is 0.934. The molecule has 0 aliphatic rings. The number of rotatable bonds is 11. The maximum Gasteiger partial charge on any atom is 0.124 e. The summed E-state index contributed by atoms with van der Waals surface area (Å²) >= 11 is 0. The minimum Gasteiger partial charge on any atom is -0.489 e. The van der Waals surface area contributed by atoms with Crippen molar-refractivity contribution in [1.29, 1.82) is 0 Å². The Balaban J connectivity index is 1.90. The molecule has 2 rings (SSSR count). The lowest BCUT2D eigenvalue weighted by Gasteiger charge is -2.27. The smallest absolute Gasteiger partial charge is 0.124 e. The molecule has 1 N–H and O–H groups in total. The van der Waals surface area contributed by atoms with Crippen LogP contribution in [-0.4, -0.2) is 13.2 Å². The Morgan fingerprint density at radius 1 is 1.08 bits per heavy atom. The van der Waals surface area contributed by atoms with Gasteiger partial charge in [0.25, 0.3) is 0 Å². The molecule has 0 unspecified atom stereocenters. The maximum atomic E-state index is 5.72. The van der Waals surface area contributed by atoms with Crippen molar-refractivity contribution in [3.05, 3.63) is 77.9 Å². The highest BCUT2D eigenvalue weighted by Gasteiger charge is 2.22. The summed E-state index contributed by atoms with van der Waals surface area (Å²) < 4.78 is 5.72. The number of para-hydroxylation sites is 1. The van der Waals surface area contributed by atoms with E-state index in [4.69, 9.17) is 4.74 Å². The molecule has 0 spiro atoms. The van der Waals surface area contributed by atoms with Crippen LogP contribution in [0.3, 0.4) is 0 Å². The van der Waals surface area contributed by atoms with Gasteiger partial charge < -0.3 is 10.1 Å². The third-order valence-electron chi connectivity index (χ3n) is 5.42. The molecule has 0 fully saturated rings. The van der Waals surface area contributed by atoms with Crippen LogP contribution in [0.1, 0.15) is 50.3 Å². The number of hydrogen-bond donors (Lipinski definition) is 1. The van der Waals surface area contributed by atoms with Gasteiger partial charge in [0.15, 0.2) is 0 Å². The van der Waals surface area contributed by atoms with Gasteiger partial charge in [-0.1, -0.05) is 75.9 Å². The molecule has 2 heteroatoms. The maximum absolute atomic E-state index is 5.72. The highest BCUT2D eigenvalue weighted by Crippen LogP contribution is 2.31. The fourth-order valence-corrected chi connectivity index (χ4v) is 3.16. The van der Waals surface area contributed by atoms with Crippen LogP contribution in [-0.2, 0) is 18.4 Å². The van der Waals surface area contributed by atoms with Crippen LogP contribution in [0.2, 0.25) is 0 Å². The van der Waals surface area contributed by atoms with E-state index in [-0.39, 0.29) is 5.41 Å². The van der Waals surface area contributed by atoms with Gasteiger partial charge in [-0.2, -0.15) is 0 Å². The predicted octanol–water partition coefficient (Wildman–Crippen LogP) is 5.66. The Morgan fingerprint density at radius 3 is 2.58 bits per heavy atom. The average Bonchev–Trinajstić information content (AvgIpc) is 2.70. The zero-order valence-electron chi connectivity index (χ0n) is 16.6. The average molecular weight is 352 g/mol. The lowest BCUT2D eigenvalue weighted by molar-refractivity contribution is 0.358. The summed E-state index contributed by atoms with van der Waals surface area (Å²) in [4.78, 5) is 0. The zero-order valence-corrected chi connectivity index (χ0v) is 16.6. The van der Waals surface area contributed by atoms with E-state index in [1.54, 1.807) is 6.08 Å². The second kappa shape index (κ2) is 10.2. The van der Waals surface area contributed by atoms with Crippen molar-refractivity contribution >= 4 is 0 Å². The van der Waals surface area contributed by atoms with Gasteiger partial charge in [0, 0.05) is 12.1 Å². The van der Waals surface area contributed by atoms with Gasteiger partial charge in [-0.3, -0.25) is 0 Å². The summed E-state index contributed by atoms with van der Waals surface area (Å²) in [6, 6.07) is 17.3. The normalized spacial score (nSPS) is 11.3. The Bertz CT molecular complexity index is 688. The van der Waals surface area contributed by atoms with Gasteiger partial charge in [-0.15, -0.1) is 0 Å². The molecular weight excluding hydrogens is 318 g/mol. The number of ether oxygens (including phenoxy) is 1. The van der Waals surface area contributed by atoms with Gasteiger partial charge in [0.05, 0.1) is 0 Å². The first kappa shape index (κ1) is 20.3. The molecular formula is C24H33NO. The standard InChI is InChI=1S/C24H33NO/c1-5-17-26-23-14-9-8-12-21(23)19-25-16-15-20-11-10-13-22(18-20)24(4,6-2)7-3/h5,8-14,18,25H,1,6-7,15-17,19H2,2-4H3. The first-order valence-corrected chi connectivity index (χ1v) is 9.74. The van der Waals surface area contributed by atoms with Gasteiger partial charge in [-0.05, 0) is 48.4 Å². The molecule has 0 aliphatic heterocycles. The molecule has 2 aromatic rings. The zero-order chi connectivity index (χ0) is 18.8. The molecule has 140 valence electrons. The number of hydrogen-bond acceptors (Lipinski definition) is 2. The summed E-state index contributed by atoms with van der Waals surface area (Å²) in [5.41, 5.74) is 4.33. The lowest BCUT2D eigenvalue weighted by atomic mass is 9.77. The van der Waals surface area contributed by atoms with Crippen LogP contribution in [0.4, 0.5) is 0 Å². The van der Waals surface area contributed by atoms with Gasteiger partial charge in [0.2, 0.25) is 0 Å². The van der Waals surface area contributed by atoms with Gasteiger partial charge >= 0.3 is 0 Å². The van der Waals surface area contributed by atoms with Gasteiger partial charge in [0.1, 0.15) is 12.4 Å². The fraction of sp³-hybridized carbons (Fsp3) is 0.417. The third-order valence-corrected chi connectivity index (χ3v) is 5.42. The Hall–Kier alpha value is -2.06. The second-order valence-electron chi connectivity index (χ2n) is 7.10. The number of benzene rings is 2. The third kappa shape index (κ3) is 5.47. The molecule has 0 bridgehead atoms. The van der Waals surface area contributed by atoms with E-state index < -0.39 is 0 Å². The highest BCUT2D eigenvalue weighted by atomic mass is 16.5. The van der Waals surface area contributed by atoms with E-state index in [1.807, 2.05) is 12.1 Å². The van der Waals surface area contributed by atoms with E-state index in [9.17, 15) is 0 Å². The van der Waals surface area contributed by atoms with Crippen molar-refractivity contribution in [2.24, 2.45) is 0 Å². The Labute approximate surface area is 159 Å². The van der Waals surface area contributed by atoms with Crippen LogP contribution >= 0.6 is 0 Å². The minimum absolute atomic E-state index is 0.283. The van der Waals surface area contributed by atoms with E-state index in [0.717, 1.165) is 25.3 Å². The summed E-state index contributed by atoms with van der Waals surface area (Å²) in [6.45, 7) is 12.9. The summed E-state index contributed by atoms with van der Waals surface area (Å²) in [5, 5.41) is 3.55. The van der Waals surface area contributed by atoms with E-state index in [1.165, 1.54) is 29.5 Å². The SMILES string of the molecule is C=CCOc1ccccc1CNCCc1cccc(C(C)(CC)CC)c1. The van der Waals surface area contributed by atoms with Crippen molar-refractivity contribution in [2.75, 3.05) is 13.2 Å². The molecule has 0 amide bonds. The molecule has 0 saturated carbocycles. The minimum atomic E-state index is 0.283. The Kier molecular flexibility index (Phi) is 7.93. The van der Waals surface area contributed by atoms with E-state index in [2.05, 4.69) is 69.1 Å². The summed E-state index contributed by atoms with van der Waals surface area (Å²) in [6.07, 6.45) is 5.16. The molecule has 0 atom stereocenters. The number of nitrogens with one attached hydrogen (secondary N) is 1.